The molecule has 4 rings (SSSR count). The summed E-state index contributed by atoms with van der Waals surface area (Å²) in [5.41, 5.74) is 2.27. The number of piperidine rings is 1. The third-order valence-corrected chi connectivity index (χ3v) is 6.97. The number of carbonyl (C=O) groups is 1. The van der Waals surface area contributed by atoms with E-state index in [1.165, 1.54) is 23.9 Å². The van der Waals surface area contributed by atoms with Crippen molar-refractivity contribution in [1.82, 2.24) is 10.3 Å². The van der Waals surface area contributed by atoms with E-state index in [1.54, 1.807) is 18.3 Å². The van der Waals surface area contributed by atoms with Crippen LogP contribution >= 0.6 is 11.8 Å². The first-order valence-electron chi connectivity index (χ1n) is 11.9. The van der Waals surface area contributed by atoms with Crippen molar-refractivity contribution in [3.05, 3.63) is 101 Å². The molecule has 1 aliphatic rings. The van der Waals surface area contributed by atoms with E-state index in [9.17, 15) is 18.0 Å². The maximum absolute atomic E-state index is 13.1. The second-order valence-corrected chi connectivity index (χ2v) is 9.49. The Morgan fingerprint density at radius 3 is 2.49 bits per heavy atom. The first-order valence-corrected chi connectivity index (χ1v) is 12.9. The Kier molecular flexibility index (Phi) is 8.66. The van der Waals surface area contributed by atoms with Gasteiger partial charge in [-0.15, -0.1) is 11.8 Å². The minimum atomic E-state index is -4.34. The quantitative estimate of drug-likeness (QED) is 0.205. The molecule has 3 aromatic rings. The Labute approximate surface area is 218 Å². The van der Waals surface area contributed by atoms with Crippen LogP contribution in [0.1, 0.15) is 45.8 Å². The van der Waals surface area contributed by atoms with Gasteiger partial charge in [0.15, 0.2) is 0 Å². The summed E-state index contributed by atoms with van der Waals surface area (Å²) in [6, 6.07) is 18.8. The molecule has 37 heavy (non-hydrogen) atoms. The number of hydrogen-bond donors (Lipinski definition) is 1. The van der Waals surface area contributed by atoms with Crippen LogP contribution in [0.2, 0.25) is 0 Å². The molecular formula is C28H27F3N4OS. The van der Waals surface area contributed by atoms with E-state index < -0.39 is 11.7 Å². The van der Waals surface area contributed by atoms with Crippen molar-refractivity contribution in [3.63, 3.8) is 0 Å². The van der Waals surface area contributed by atoms with Crippen LogP contribution in [0, 0.1) is 0 Å². The van der Waals surface area contributed by atoms with E-state index in [0.29, 0.717) is 24.5 Å². The van der Waals surface area contributed by atoms with Gasteiger partial charge in [-0.2, -0.15) is 13.2 Å². The van der Waals surface area contributed by atoms with Gasteiger partial charge in [0.25, 0.3) is 5.91 Å². The van der Waals surface area contributed by atoms with Gasteiger partial charge in [-0.25, -0.2) is 4.98 Å². The fourth-order valence-corrected chi connectivity index (χ4v) is 4.92. The summed E-state index contributed by atoms with van der Waals surface area (Å²) < 4.78 is 39.2. The molecule has 2 aromatic carbocycles. The minimum absolute atomic E-state index is 0.0776. The predicted molar refractivity (Wildman–Crippen MR) is 144 cm³/mol. The fraction of sp³-hybridized carbons (Fsp3) is 0.250. The Bertz CT molecular complexity index is 1240. The first kappa shape index (κ1) is 26.5. The molecule has 0 unspecified atom stereocenters. The zero-order chi connectivity index (χ0) is 26.3. The number of alkyl halides is 3. The lowest BCUT2D eigenvalue weighted by molar-refractivity contribution is -0.137. The molecule has 1 fully saturated rings. The lowest BCUT2D eigenvalue weighted by Crippen LogP contribution is -2.33. The number of aliphatic imine (C=N–C) groups is 1. The summed E-state index contributed by atoms with van der Waals surface area (Å²) >= 11 is 1.41. The van der Waals surface area contributed by atoms with Crippen molar-refractivity contribution in [3.8, 4) is 0 Å². The van der Waals surface area contributed by atoms with Crippen molar-refractivity contribution in [2.24, 2.45) is 4.99 Å². The summed E-state index contributed by atoms with van der Waals surface area (Å²) in [7, 11) is 0. The van der Waals surface area contributed by atoms with Crippen molar-refractivity contribution >= 4 is 35.9 Å². The molecule has 0 spiro atoms. The molecule has 1 aliphatic heterocycles. The Morgan fingerprint density at radius 2 is 1.84 bits per heavy atom. The van der Waals surface area contributed by atoms with Gasteiger partial charge in [0, 0.05) is 24.8 Å². The number of pyridine rings is 1. The SMILES string of the molecule is C=N/C(=C\SCNC(=O)c1ccc(N2CCC(c3cccc(C(F)(F)F)c3)CC2)nc1)c1ccccc1. The summed E-state index contributed by atoms with van der Waals surface area (Å²) in [5.74, 6) is 0.973. The highest BCUT2D eigenvalue weighted by Crippen LogP contribution is 2.34. The standard InChI is InChI=1S/C28H27F3N4OS/c1-32-25(21-6-3-2-4-7-21)18-37-19-34-27(36)23-10-11-26(33-17-23)35-14-12-20(13-15-35)22-8-5-9-24(16-22)28(29,30)31/h2-11,16-18,20H,1,12-15,19H2,(H,34,36)/b25-18-. The first-order chi connectivity index (χ1) is 17.8. The molecular weight excluding hydrogens is 497 g/mol. The van der Waals surface area contributed by atoms with Crippen LogP contribution in [0.15, 0.2) is 83.3 Å². The maximum Gasteiger partial charge on any atom is 0.416 e. The van der Waals surface area contributed by atoms with Crippen LogP contribution in [0.3, 0.4) is 0 Å². The van der Waals surface area contributed by atoms with Crippen LogP contribution in [0.25, 0.3) is 5.70 Å². The normalized spacial score (nSPS) is 14.9. The largest absolute Gasteiger partial charge is 0.416 e. The Hall–Kier alpha value is -3.59. The number of nitrogens with one attached hydrogen (secondary N) is 1. The van der Waals surface area contributed by atoms with E-state index in [0.717, 1.165) is 41.5 Å². The number of halogens is 3. The average molecular weight is 525 g/mol. The molecule has 1 saturated heterocycles. The topological polar surface area (TPSA) is 57.6 Å². The second kappa shape index (κ2) is 12.1. The number of nitrogens with zero attached hydrogens (tertiary/aromatic N) is 3. The molecule has 0 saturated carbocycles. The molecule has 1 N–H and O–H groups in total. The third-order valence-electron chi connectivity index (χ3n) is 6.27. The molecule has 0 bridgehead atoms. The number of thioether (sulfide) groups is 1. The minimum Gasteiger partial charge on any atom is -0.357 e. The number of aromatic nitrogens is 1. The second-order valence-electron chi connectivity index (χ2n) is 8.63. The van der Waals surface area contributed by atoms with Gasteiger partial charge in [0.05, 0.1) is 22.7 Å². The molecule has 0 atom stereocenters. The molecule has 1 aromatic heterocycles. The van der Waals surface area contributed by atoms with Gasteiger partial charge in [-0.05, 0) is 54.6 Å². The average Bonchev–Trinajstić information content (AvgIpc) is 2.93. The molecule has 2 heterocycles. The smallest absolute Gasteiger partial charge is 0.357 e. The lowest BCUT2D eigenvalue weighted by atomic mass is 9.88. The maximum atomic E-state index is 13.1. The number of carbonyl (C=O) groups excluding carboxylic acids is 1. The molecule has 5 nitrogen and oxygen atoms in total. The summed E-state index contributed by atoms with van der Waals surface area (Å²) in [5, 5.41) is 4.71. The highest BCUT2D eigenvalue weighted by Gasteiger charge is 2.31. The predicted octanol–water partition coefficient (Wildman–Crippen LogP) is 6.60. The number of hydrogen-bond acceptors (Lipinski definition) is 5. The van der Waals surface area contributed by atoms with Crippen molar-refractivity contribution in [2.75, 3.05) is 23.9 Å². The number of rotatable bonds is 8. The van der Waals surface area contributed by atoms with Gasteiger partial charge in [-0.1, -0.05) is 48.5 Å². The zero-order valence-corrected chi connectivity index (χ0v) is 20.9. The van der Waals surface area contributed by atoms with Crippen molar-refractivity contribution in [2.45, 2.75) is 24.9 Å². The highest BCUT2D eigenvalue weighted by atomic mass is 32.2. The van der Waals surface area contributed by atoms with E-state index in [-0.39, 0.29) is 11.8 Å². The summed E-state index contributed by atoms with van der Waals surface area (Å²) in [6.07, 6.45) is -1.32. The van der Waals surface area contributed by atoms with Gasteiger partial charge < -0.3 is 10.2 Å². The van der Waals surface area contributed by atoms with Crippen LogP contribution in [-0.4, -0.2) is 36.6 Å². The highest BCUT2D eigenvalue weighted by molar-refractivity contribution is 8.02. The van der Waals surface area contributed by atoms with Crippen molar-refractivity contribution in [1.29, 1.82) is 0 Å². The van der Waals surface area contributed by atoms with E-state index in [2.05, 4.69) is 26.9 Å². The number of anilines is 1. The lowest BCUT2D eigenvalue weighted by Gasteiger charge is -2.33. The molecule has 1 amide bonds. The molecule has 0 radical (unpaired) electrons. The van der Waals surface area contributed by atoms with Gasteiger partial charge in [-0.3, -0.25) is 9.79 Å². The zero-order valence-electron chi connectivity index (χ0n) is 20.1. The Balaban J connectivity index is 1.27. The fourth-order valence-electron chi connectivity index (χ4n) is 4.25. The van der Waals surface area contributed by atoms with Gasteiger partial charge in [0.2, 0.25) is 0 Å². The van der Waals surface area contributed by atoms with E-state index >= 15 is 0 Å². The van der Waals surface area contributed by atoms with E-state index in [4.69, 9.17) is 0 Å². The van der Waals surface area contributed by atoms with Crippen LogP contribution in [0.4, 0.5) is 19.0 Å². The molecule has 192 valence electrons. The molecule has 0 aliphatic carbocycles. The Morgan fingerprint density at radius 1 is 1.08 bits per heavy atom. The van der Waals surface area contributed by atoms with Crippen LogP contribution in [-0.2, 0) is 6.18 Å². The van der Waals surface area contributed by atoms with Crippen LogP contribution < -0.4 is 10.2 Å². The number of amides is 1. The molecule has 9 heteroatoms. The summed E-state index contributed by atoms with van der Waals surface area (Å²) in [6.45, 7) is 4.97. The number of benzene rings is 2. The van der Waals surface area contributed by atoms with E-state index in [1.807, 2.05) is 41.8 Å². The van der Waals surface area contributed by atoms with Crippen molar-refractivity contribution < 1.29 is 18.0 Å². The van der Waals surface area contributed by atoms with Gasteiger partial charge >= 0.3 is 6.18 Å². The van der Waals surface area contributed by atoms with Gasteiger partial charge in [0.1, 0.15) is 5.82 Å². The monoisotopic (exact) mass is 524 g/mol. The third kappa shape index (κ3) is 7.01. The van der Waals surface area contributed by atoms with Crippen LogP contribution in [0.5, 0.6) is 0 Å². The summed E-state index contributed by atoms with van der Waals surface area (Å²) in [4.78, 5) is 23.1.